The molecule has 0 heterocycles. The first kappa shape index (κ1) is 12.7. The summed E-state index contributed by atoms with van der Waals surface area (Å²) in [6.07, 6.45) is 2.89. The van der Waals surface area contributed by atoms with Crippen molar-refractivity contribution in [3.63, 3.8) is 0 Å². The van der Waals surface area contributed by atoms with Gasteiger partial charge in [0.05, 0.1) is 7.11 Å². The molecule has 2 rings (SSSR count). The van der Waals surface area contributed by atoms with Gasteiger partial charge in [0.1, 0.15) is 5.75 Å². The van der Waals surface area contributed by atoms with E-state index >= 15 is 0 Å². The maximum Gasteiger partial charge on any atom is 0.217 e. The van der Waals surface area contributed by atoms with Crippen LogP contribution >= 0.6 is 22.6 Å². The van der Waals surface area contributed by atoms with Gasteiger partial charge in [-0.2, -0.15) is 0 Å². The van der Waals surface area contributed by atoms with E-state index in [1.54, 1.807) is 14.0 Å². The van der Waals surface area contributed by atoms with Crippen LogP contribution < -0.4 is 10.1 Å². The molecule has 1 aromatic carbocycles. The van der Waals surface area contributed by atoms with E-state index in [1.165, 1.54) is 14.7 Å². The minimum absolute atomic E-state index is 0.0445. The fourth-order valence-electron chi connectivity index (χ4n) is 2.41. The molecule has 0 saturated heterocycles. The molecule has 1 amide bonds. The lowest BCUT2D eigenvalue weighted by atomic mass is 9.87. The largest absolute Gasteiger partial charge is 0.496 e. The van der Waals surface area contributed by atoms with Crippen molar-refractivity contribution in [1.29, 1.82) is 0 Å². The van der Waals surface area contributed by atoms with Crippen LogP contribution in [0.2, 0.25) is 0 Å². The van der Waals surface area contributed by atoms with Gasteiger partial charge < -0.3 is 10.1 Å². The third kappa shape index (κ3) is 2.73. The quantitative estimate of drug-likeness (QED) is 0.836. The molecule has 1 atom stereocenters. The first-order chi connectivity index (χ1) is 8.11. The zero-order valence-electron chi connectivity index (χ0n) is 10.0. The summed E-state index contributed by atoms with van der Waals surface area (Å²) in [6, 6.07) is 4.35. The molecule has 4 heteroatoms. The Balaban J connectivity index is 2.29. The number of hydrogen-bond acceptors (Lipinski definition) is 2. The maximum absolute atomic E-state index is 11.1. The third-order valence-electron chi connectivity index (χ3n) is 3.15. The highest BCUT2D eigenvalue weighted by Gasteiger charge is 2.23. The standard InChI is InChI=1S/C13H16INO2/c1-8(16)15-9-3-4-10-11(7-9)13(17-2)6-5-12(10)14/h5-6,9H,3-4,7H2,1-2H3,(H,15,16). The summed E-state index contributed by atoms with van der Waals surface area (Å²) in [4.78, 5) is 11.1. The first-order valence-electron chi connectivity index (χ1n) is 5.73. The lowest BCUT2D eigenvalue weighted by Gasteiger charge is -2.27. The monoisotopic (exact) mass is 345 g/mol. The number of methoxy groups -OCH3 is 1. The molecular weight excluding hydrogens is 329 g/mol. The molecule has 1 aromatic rings. The molecule has 0 bridgehead atoms. The Hall–Kier alpha value is -0.780. The average molecular weight is 345 g/mol. The molecule has 0 aliphatic heterocycles. The number of nitrogens with one attached hydrogen (secondary N) is 1. The predicted molar refractivity (Wildman–Crippen MR) is 75.3 cm³/mol. The number of ether oxygens (including phenoxy) is 1. The Bertz CT molecular complexity index is 445. The highest BCUT2D eigenvalue weighted by atomic mass is 127. The van der Waals surface area contributed by atoms with Crippen LogP contribution in [0.4, 0.5) is 0 Å². The Kier molecular flexibility index (Phi) is 3.91. The van der Waals surface area contributed by atoms with Crippen molar-refractivity contribution in [2.45, 2.75) is 32.2 Å². The average Bonchev–Trinajstić information content (AvgIpc) is 2.29. The van der Waals surface area contributed by atoms with E-state index in [1.807, 2.05) is 6.07 Å². The number of carbonyl (C=O) groups excluding carboxylic acids is 1. The van der Waals surface area contributed by atoms with Crippen LogP contribution in [0.25, 0.3) is 0 Å². The summed E-state index contributed by atoms with van der Waals surface area (Å²) in [5.74, 6) is 0.985. The summed E-state index contributed by atoms with van der Waals surface area (Å²) in [5, 5.41) is 3.00. The molecule has 1 unspecified atom stereocenters. The number of carbonyl (C=O) groups is 1. The Morgan fingerprint density at radius 1 is 1.47 bits per heavy atom. The van der Waals surface area contributed by atoms with Gasteiger partial charge >= 0.3 is 0 Å². The SMILES string of the molecule is COc1ccc(I)c2c1CC(NC(C)=O)CC2. The third-order valence-corrected chi connectivity index (χ3v) is 4.16. The van der Waals surface area contributed by atoms with Gasteiger partial charge in [-0.25, -0.2) is 0 Å². The summed E-state index contributed by atoms with van der Waals surface area (Å²) >= 11 is 2.37. The molecule has 0 radical (unpaired) electrons. The highest BCUT2D eigenvalue weighted by molar-refractivity contribution is 14.1. The van der Waals surface area contributed by atoms with Gasteiger partial charge in [-0.3, -0.25) is 4.79 Å². The van der Waals surface area contributed by atoms with Crippen LogP contribution in [0.3, 0.4) is 0 Å². The van der Waals surface area contributed by atoms with Crippen molar-refractivity contribution in [1.82, 2.24) is 5.32 Å². The number of amides is 1. The molecule has 1 aliphatic carbocycles. The molecule has 1 aliphatic rings. The summed E-state index contributed by atoms with van der Waals surface area (Å²) in [6.45, 7) is 1.57. The maximum atomic E-state index is 11.1. The number of halogens is 1. The number of hydrogen-bond donors (Lipinski definition) is 1. The molecule has 92 valence electrons. The van der Waals surface area contributed by atoms with Gasteiger partial charge in [0.25, 0.3) is 0 Å². The van der Waals surface area contributed by atoms with E-state index in [0.717, 1.165) is 25.0 Å². The first-order valence-corrected chi connectivity index (χ1v) is 6.81. The van der Waals surface area contributed by atoms with E-state index in [-0.39, 0.29) is 11.9 Å². The van der Waals surface area contributed by atoms with Crippen LogP contribution in [0.15, 0.2) is 12.1 Å². The summed E-state index contributed by atoms with van der Waals surface area (Å²) in [7, 11) is 1.70. The van der Waals surface area contributed by atoms with Crippen molar-refractivity contribution in [3.8, 4) is 5.75 Å². The van der Waals surface area contributed by atoms with Crippen molar-refractivity contribution < 1.29 is 9.53 Å². The Morgan fingerprint density at radius 3 is 2.88 bits per heavy atom. The Labute approximate surface area is 115 Å². The van der Waals surface area contributed by atoms with Crippen LogP contribution in [0.1, 0.15) is 24.5 Å². The van der Waals surface area contributed by atoms with Gasteiger partial charge in [0.15, 0.2) is 0 Å². The fourth-order valence-corrected chi connectivity index (χ4v) is 3.18. The lowest BCUT2D eigenvalue weighted by molar-refractivity contribution is -0.119. The molecule has 0 saturated carbocycles. The molecule has 17 heavy (non-hydrogen) atoms. The zero-order chi connectivity index (χ0) is 12.4. The molecule has 0 fully saturated rings. The molecule has 0 aromatic heterocycles. The van der Waals surface area contributed by atoms with Gasteiger partial charge in [-0.1, -0.05) is 0 Å². The fraction of sp³-hybridized carbons (Fsp3) is 0.462. The molecule has 0 spiro atoms. The second-order valence-corrected chi connectivity index (χ2v) is 5.51. The van der Waals surface area contributed by atoms with Gasteiger partial charge in [0.2, 0.25) is 5.91 Å². The Morgan fingerprint density at radius 2 is 2.24 bits per heavy atom. The van der Waals surface area contributed by atoms with Crippen LogP contribution in [-0.2, 0) is 17.6 Å². The summed E-state index contributed by atoms with van der Waals surface area (Å²) in [5.41, 5.74) is 2.64. The van der Waals surface area contributed by atoms with E-state index < -0.39 is 0 Å². The van der Waals surface area contributed by atoms with Crippen molar-refractivity contribution >= 4 is 28.5 Å². The zero-order valence-corrected chi connectivity index (χ0v) is 12.2. The number of fused-ring (bicyclic) bond motifs is 1. The minimum Gasteiger partial charge on any atom is -0.496 e. The number of rotatable bonds is 2. The van der Waals surface area contributed by atoms with E-state index in [9.17, 15) is 4.79 Å². The topological polar surface area (TPSA) is 38.3 Å². The van der Waals surface area contributed by atoms with E-state index in [0.29, 0.717) is 0 Å². The second-order valence-electron chi connectivity index (χ2n) is 4.35. The van der Waals surface area contributed by atoms with E-state index in [2.05, 4.69) is 34.0 Å². The normalized spacial score (nSPS) is 18.4. The lowest BCUT2D eigenvalue weighted by Crippen LogP contribution is -2.37. The molecule has 1 N–H and O–H groups in total. The number of benzene rings is 1. The molecule has 3 nitrogen and oxygen atoms in total. The van der Waals surface area contributed by atoms with Gasteiger partial charge in [-0.15, -0.1) is 0 Å². The van der Waals surface area contributed by atoms with Gasteiger partial charge in [0, 0.05) is 22.1 Å². The van der Waals surface area contributed by atoms with E-state index in [4.69, 9.17) is 4.74 Å². The predicted octanol–water partition coefficient (Wildman–Crippen LogP) is 2.29. The highest BCUT2D eigenvalue weighted by Crippen LogP contribution is 2.32. The smallest absolute Gasteiger partial charge is 0.217 e. The van der Waals surface area contributed by atoms with Gasteiger partial charge in [-0.05, 0) is 59.5 Å². The molecular formula is C13H16INO2. The van der Waals surface area contributed by atoms with Crippen molar-refractivity contribution in [3.05, 3.63) is 26.8 Å². The summed E-state index contributed by atoms with van der Waals surface area (Å²) < 4.78 is 6.70. The van der Waals surface area contributed by atoms with Crippen LogP contribution in [0.5, 0.6) is 5.75 Å². The van der Waals surface area contributed by atoms with Crippen LogP contribution in [0, 0.1) is 3.57 Å². The van der Waals surface area contributed by atoms with Crippen molar-refractivity contribution in [2.75, 3.05) is 7.11 Å². The minimum atomic E-state index is 0.0445. The van der Waals surface area contributed by atoms with Crippen molar-refractivity contribution in [2.24, 2.45) is 0 Å². The van der Waals surface area contributed by atoms with Crippen LogP contribution in [-0.4, -0.2) is 19.1 Å². The second kappa shape index (κ2) is 5.25.